The topological polar surface area (TPSA) is 101 Å². The predicted molar refractivity (Wildman–Crippen MR) is 77.8 cm³/mol. The number of hydrogen-bond acceptors (Lipinski definition) is 4. The number of rotatable bonds is 5. The average molecular weight is 294 g/mol. The largest absolute Gasteiger partial charge is 0.398 e. The molecule has 4 N–H and O–H groups in total. The van der Waals surface area contributed by atoms with E-state index >= 15 is 0 Å². The molecule has 20 heavy (non-hydrogen) atoms. The summed E-state index contributed by atoms with van der Waals surface area (Å²) in [6.45, 7) is 3.88. The first-order valence-electron chi connectivity index (χ1n) is 6.25. The van der Waals surface area contributed by atoms with E-state index in [0.717, 1.165) is 11.4 Å². The molecule has 7 heteroatoms. The predicted octanol–water partition coefficient (Wildman–Crippen LogP) is 1.13. The molecule has 108 valence electrons. The summed E-state index contributed by atoms with van der Waals surface area (Å²) < 4.78 is 27.2. The van der Waals surface area contributed by atoms with Gasteiger partial charge >= 0.3 is 0 Å². The van der Waals surface area contributed by atoms with Gasteiger partial charge in [0.1, 0.15) is 10.7 Å². The molecule has 0 atom stereocenters. The van der Waals surface area contributed by atoms with Gasteiger partial charge in [0.25, 0.3) is 0 Å². The Kier molecular flexibility index (Phi) is 4.10. The fraction of sp³-hybridized carbons (Fsp3) is 0.308. The van der Waals surface area contributed by atoms with Gasteiger partial charge in [0.2, 0.25) is 10.0 Å². The number of sulfonamides is 1. The lowest BCUT2D eigenvalue weighted by Gasteiger charge is -2.13. The molecule has 0 amide bonds. The van der Waals surface area contributed by atoms with Crippen LogP contribution in [-0.4, -0.2) is 24.9 Å². The summed E-state index contributed by atoms with van der Waals surface area (Å²) in [5.74, 6) is 0.738. The highest BCUT2D eigenvalue weighted by Crippen LogP contribution is 2.24. The molecule has 0 spiro atoms. The Morgan fingerprint density at radius 3 is 2.75 bits per heavy atom. The Hall–Kier alpha value is -1.86. The second-order valence-corrected chi connectivity index (χ2v) is 6.31. The molecule has 0 radical (unpaired) electrons. The molecular formula is C13H18N4O2S. The number of H-pyrrole nitrogens is 1. The lowest BCUT2D eigenvalue weighted by molar-refractivity contribution is 0.580. The number of nitrogens with one attached hydrogen (secondary N) is 2. The van der Waals surface area contributed by atoms with Crippen molar-refractivity contribution in [3.05, 3.63) is 41.5 Å². The highest BCUT2D eigenvalue weighted by atomic mass is 32.2. The van der Waals surface area contributed by atoms with Crippen LogP contribution >= 0.6 is 0 Å². The zero-order valence-electron chi connectivity index (χ0n) is 11.5. The molecule has 0 unspecified atom stereocenters. The normalized spacial score (nSPS) is 11.7. The van der Waals surface area contributed by atoms with Crippen LogP contribution in [0.3, 0.4) is 0 Å². The van der Waals surface area contributed by atoms with Gasteiger partial charge in [0, 0.05) is 25.4 Å². The summed E-state index contributed by atoms with van der Waals surface area (Å²) >= 11 is 0. The van der Waals surface area contributed by atoms with Gasteiger partial charge in [-0.25, -0.2) is 18.1 Å². The number of aryl methyl sites for hydroxylation is 1. The highest BCUT2D eigenvalue weighted by molar-refractivity contribution is 7.89. The molecule has 0 saturated carbocycles. The van der Waals surface area contributed by atoms with Crippen molar-refractivity contribution in [2.45, 2.75) is 25.2 Å². The lowest BCUT2D eigenvalue weighted by atomic mass is 10.1. The van der Waals surface area contributed by atoms with Crippen molar-refractivity contribution in [2.24, 2.45) is 0 Å². The molecule has 0 fully saturated rings. The summed E-state index contributed by atoms with van der Waals surface area (Å²) in [4.78, 5) is 7.13. The third-order valence-corrected chi connectivity index (χ3v) is 4.85. The number of nitrogen functional groups attached to an aromatic ring is 1. The van der Waals surface area contributed by atoms with Gasteiger partial charge < -0.3 is 10.7 Å². The van der Waals surface area contributed by atoms with E-state index in [4.69, 9.17) is 5.73 Å². The van der Waals surface area contributed by atoms with Crippen LogP contribution in [0.4, 0.5) is 5.69 Å². The van der Waals surface area contributed by atoms with E-state index in [-0.39, 0.29) is 17.1 Å². The first-order valence-corrected chi connectivity index (χ1v) is 7.74. The number of benzene rings is 1. The molecule has 2 aromatic rings. The van der Waals surface area contributed by atoms with E-state index in [0.29, 0.717) is 12.0 Å². The molecule has 0 aliphatic rings. The highest BCUT2D eigenvalue weighted by Gasteiger charge is 2.20. The molecule has 2 rings (SSSR count). The maximum atomic E-state index is 12.3. The van der Waals surface area contributed by atoms with Gasteiger partial charge in [-0.05, 0) is 31.0 Å². The third kappa shape index (κ3) is 3.00. The summed E-state index contributed by atoms with van der Waals surface area (Å²) in [6.07, 6.45) is 3.83. The number of aromatic nitrogens is 2. The smallest absolute Gasteiger partial charge is 0.242 e. The van der Waals surface area contributed by atoms with Crippen molar-refractivity contribution in [1.29, 1.82) is 0 Å². The van der Waals surface area contributed by atoms with Crippen LogP contribution in [0.2, 0.25) is 0 Å². The molecule has 0 saturated heterocycles. The molecular weight excluding hydrogens is 276 g/mol. The van der Waals surface area contributed by atoms with Crippen LogP contribution in [0.5, 0.6) is 0 Å². The van der Waals surface area contributed by atoms with Gasteiger partial charge in [-0.2, -0.15) is 0 Å². The van der Waals surface area contributed by atoms with E-state index < -0.39 is 10.0 Å². The summed E-state index contributed by atoms with van der Waals surface area (Å²) in [7, 11) is -3.61. The van der Waals surface area contributed by atoms with Crippen molar-refractivity contribution in [2.75, 3.05) is 12.3 Å². The van der Waals surface area contributed by atoms with Gasteiger partial charge in [-0.15, -0.1) is 0 Å². The second kappa shape index (κ2) is 5.64. The third-order valence-electron chi connectivity index (χ3n) is 3.18. The monoisotopic (exact) mass is 294 g/mol. The molecule has 1 aromatic heterocycles. The van der Waals surface area contributed by atoms with Crippen LogP contribution in [0.1, 0.15) is 17.0 Å². The Morgan fingerprint density at radius 2 is 2.10 bits per heavy atom. The van der Waals surface area contributed by atoms with E-state index in [1.54, 1.807) is 25.4 Å². The Labute approximate surface area is 118 Å². The first kappa shape index (κ1) is 14.5. The van der Waals surface area contributed by atoms with Crippen molar-refractivity contribution in [3.8, 4) is 0 Å². The first-order chi connectivity index (χ1) is 9.42. The summed E-state index contributed by atoms with van der Waals surface area (Å²) in [5, 5.41) is 0. The molecule has 1 heterocycles. The maximum absolute atomic E-state index is 12.3. The van der Waals surface area contributed by atoms with Gasteiger partial charge in [0.05, 0.1) is 5.69 Å². The van der Waals surface area contributed by atoms with Crippen molar-refractivity contribution in [3.63, 3.8) is 0 Å². The van der Waals surface area contributed by atoms with E-state index in [1.807, 2.05) is 13.0 Å². The lowest BCUT2D eigenvalue weighted by Crippen LogP contribution is -2.27. The molecule has 0 aliphatic heterocycles. The van der Waals surface area contributed by atoms with Crippen LogP contribution in [0.15, 0.2) is 29.4 Å². The van der Waals surface area contributed by atoms with Crippen LogP contribution in [0.25, 0.3) is 0 Å². The molecule has 6 nitrogen and oxygen atoms in total. The van der Waals surface area contributed by atoms with Crippen molar-refractivity contribution >= 4 is 15.7 Å². The minimum atomic E-state index is -3.61. The molecule has 0 aliphatic carbocycles. The fourth-order valence-corrected chi connectivity index (χ4v) is 3.44. The van der Waals surface area contributed by atoms with E-state index in [9.17, 15) is 8.42 Å². The number of hydrogen-bond donors (Lipinski definition) is 3. The van der Waals surface area contributed by atoms with E-state index in [1.165, 1.54) is 0 Å². The summed E-state index contributed by atoms with van der Waals surface area (Å²) in [6, 6.07) is 3.43. The minimum absolute atomic E-state index is 0.164. The van der Waals surface area contributed by atoms with E-state index in [2.05, 4.69) is 14.7 Å². The zero-order chi connectivity index (χ0) is 14.8. The van der Waals surface area contributed by atoms with Gasteiger partial charge in [-0.3, -0.25) is 0 Å². The SMILES string of the molecule is Cc1ccc(N)c(S(=O)(=O)NCCc2ncc[nH]2)c1C. The number of nitrogens with two attached hydrogens (primary N) is 1. The summed E-state index contributed by atoms with van der Waals surface area (Å²) in [5.41, 5.74) is 7.64. The number of aromatic amines is 1. The van der Waals surface area contributed by atoms with Crippen LogP contribution < -0.4 is 10.5 Å². The minimum Gasteiger partial charge on any atom is -0.398 e. The van der Waals surface area contributed by atoms with Crippen molar-refractivity contribution in [1.82, 2.24) is 14.7 Å². The number of anilines is 1. The Bertz CT molecular complexity index is 693. The van der Waals surface area contributed by atoms with Gasteiger partial charge in [0.15, 0.2) is 0 Å². The van der Waals surface area contributed by atoms with Gasteiger partial charge in [-0.1, -0.05) is 6.07 Å². The Morgan fingerprint density at radius 1 is 1.35 bits per heavy atom. The zero-order valence-corrected chi connectivity index (χ0v) is 12.3. The number of imidazole rings is 1. The van der Waals surface area contributed by atoms with Crippen LogP contribution in [-0.2, 0) is 16.4 Å². The molecule has 1 aromatic carbocycles. The number of nitrogens with zero attached hydrogens (tertiary/aromatic N) is 1. The average Bonchev–Trinajstić information content (AvgIpc) is 2.87. The molecule has 0 bridgehead atoms. The fourth-order valence-electron chi connectivity index (χ4n) is 1.98. The van der Waals surface area contributed by atoms with Crippen LogP contribution in [0, 0.1) is 13.8 Å². The van der Waals surface area contributed by atoms with Crippen molar-refractivity contribution < 1.29 is 8.42 Å². The maximum Gasteiger partial charge on any atom is 0.242 e. The standard InChI is InChI=1S/C13H18N4O2S/c1-9-3-4-11(14)13(10(9)2)20(18,19)17-6-5-12-15-7-8-16-12/h3-4,7-8,17H,5-6,14H2,1-2H3,(H,15,16). The Balaban J connectivity index is 2.16. The quantitative estimate of drug-likeness (QED) is 0.719. The second-order valence-electron chi connectivity index (χ2n) is 4.61.